The molecule has 1 unspecified atom stereocenters. The molecule has 1 aliphatic rings. The van der Waals surface area contributed by atoms with Crippen molar-refractivity contribution in [3.63, 3.8) is 0 Å². The fourth-order valence-corrected chi connectivity index (χ4v) is 1.70. The number of halogens is 2. The van der Waals surface area contributed by atoms with E-state index < -0.39 is 42.2 Å². The van der Waals surface area contributed by atoms with Crippen LogP contribution in [-0.4, -0.2) is 44.5 Å². The van der Waals surface area contributed by atoms with Crippen molar-refractivity contribution >= 4 is 0 Å². The van der Waals surface area contributed by atoms with Gasteiger partial charge >= 0.3 is 5.69 Å². The van der Waals surface area contributed by atoms with Crippen molar-refractivity contribution in [2.75, 3.05) is 6.61 Å². The van der Waals surface area contributed by atoms with Crippen molar-refractivity contribution < 1.29 is 23.7 Å². The van der Waals surface area contributed by atoms with Crippen molar-refractivity contribution in [3.8, 4) is 0 Å². The zero-order valence-corrected chi connectivity index (χ0v) is 8.92. The SMILES string of the molecule is O=c1ccn(C2O[C@](F)(CO)[C@@H](O)[C@H]2F)c(=O)[nH]1. The molecule has 4 atom stereocenters. The van der Waals surface area contributed by atoms with Gasteiger partial charge in [0.15, 0.2) is 18.5 Å². The number of hydrogen-bond donors (Lipinski definition) is 3. The molecule has 1 fully saturated rings. The molecule has 0 amide bonds. The minimum absolute atomic E-state index is 0.590. The van der Waals surface area contributed by atoms with Gasteiger partial charge in [0.05, 0.1) is 0 Å². The van der Waals surface area contributed by atoms with Gasteiger partial charge in [-0.1, -0.05) is 0 Å². The highest BCUT2D eigenvalue weighted by Gasteiger charge is 2.57. The maximum atomic E-state index is 13.7. The molecule has 1 aromatic heterocycles. The largest absolute Gasteiger partial charge is 0.390 e. The molecule has 1 saturated heterocycles. The highest BCUT2D eigenvalue weighted by Crippen LogP contribution is 2.38. The lowest BCUT2D eigenvalue weighted by atomic mass is 10.1. The third kappa shape index (κ3) is 1.85. The van der Waals surface area contributed by atoms with E-state index in [1.807, 2.05) is 4.98 Å². The number of aromatic nitrogens is 2. The lowest BCUT2D eigenvalue weighted by Crippen LogP contribution is -2.41. The quantitative estimate of drug-likeness (QED) is 0.598. The van der Waals surface area contributed by atoms with Crippen LogP contribution in [0.2, 0.25) is 0 Å². The third-order valence-electron chi connectivity index (χ3n) is 2.67. The zero-order chi connectivity index (χ0) is 13.5. The molecule has 0 aromatic carbocycles. The number of aliphatic hydroxyl groups is 2. The van der Waals surface area contributed by atoms with E-state index in [2.05, 4.69) is 4.74 Å². The van der Waals surface area contributed by atoms with Crippen molar-refractivity contribution in [1.29, 1.82) is 0 Å². The predicted octanol–water partition coefficient (Wildman–Crippen LogP) is -1.58. The van der Waals surface area contributed by atoms with Crippen LogP contribution in [-0.2, 0) is 4.74 Å². The number of hydrogen-bond acceptors (Lipinski definition) is 5. The van der Waals surface area contributed by atoms with E-state index in [0.29, 0.717) is 4.57 Å². The van der Waals surface area contributed by atoms with Gasteiger partial charge in [-0.15, -0.1) is 0 Å². The third-order valence-corrected chi connectivity index (χ3v) is 2.67. The van der Waals surface area contributed by atoms with Crippen LogP contribution >= 0.6 is 0 Å². The summed E-state index contributed by atoms with van der Waals surface area (Å²) in [6.45, 7) is -1.26. The summed E-state index contributed by atoms with van der Waals surface area (Å²) in [6, 6.07) is 0.918. The summed E-state index contributed by atoms with van der Waals surface area (Å²) < 4.78 is 32.5. The first-order valence-electron chi connectivity index (χ1n) is 5.00. The molecule has 0 spiro atoms. The molecule has 0 saturated carbocycles. The van der Waals surface area contributed by atoms with Gasteiger partial charge in [-0.25, -0.2) is 13.6 Å². The fraction of sp³-hybridized carbons (Fsp3) is 0.556. The highest BCUT2D eigenvalue weighted by molar-refractivity contribution is 4.96. The van der Waals surface area contributed by atoms with E-state index in [1.54, 1.807) is 0 Å². The number of H-pyrrole nitrogens is 1. The predicted molar refractivity (Wildman–Crippen MR) is 53.3 cm³/mol. The van der Waals surface area contributed by atoms with Crippen LogP contribution in [0.25, 0.3) is 0 Å². The molecular weight excluding hydrogens is 254 g/mol. The second-order valence-electron chi connectivity index (χ2n) is 3.86. The van der Waals surface area contributed by atoms with Crippen molar-refractivity contribution in [2.24, 2.45) is 0 Å². The Kier molecular flexibility index (Phi) is 3.05. The molecular formula is C9H10F2N2O5. The molecule has 9 heteroatoms. The first-order chi connectivity index (χ1) is 8.39. The lowest BCUT2D eigenvalue weighted by Gasteiger charge is -2.19. The zero-order valence-electron chi connectivity index (χ0n) is 8.92. The average molecular weight is 264 g/mol. The second-order valence-corrected chi connectivity index (χ2v) is 3.86. The summed E-state index contributed by atoms with van der Waals surface area (Å²) in [7, 11) is 0. The summed E-state index contributed by atoms with van der Waals surface area (Å²) in [6.07, 6.45) is -5.34. The Morgan fingerprint density at radius 1 is 1.56 bits per heavy atom. The van der Waals surface area contributed by atoms with Crippen molar-refractivity contribution in [3.05, 3.63) is 33.1 Å². The fourth-order valence-electron chi connectivity index (χ4n) is 1.70. The Hall–Kier alpha value is -1.58. The number of nitrogens with one attached hydrogen (secondary N) is 1. The molecule has 3 N–H and O–H groups in total. The number of alkyl halides is 2. The second kappa shape index (κ2) is 4.26. The molecule has 7 nitrogen and oxygen atoms in total. The first kappa shape index (κ1) is 12.9. The molecule has 0 aliphatic carbocycles. The van der Waals surface area contributed by atoms with Gasteiger partial charge in [0.1, 0.15) is 6.61 Å². The van der Waals surface area contributed by atoms with Crippen LogP contribution < -0.4 is 11.2 Å². The van der Waals surface area contributed by atoms with E-state index in [-0.39, 0.29) is 0 Å². The minimum atomic E-state index is -2.99. The monoisotopic (exact) mass is 264 g/mol. The molecule has 0 bridgehead atoms. The first-order valence-corrected chi connectivity index (χ1v) is 5.00. The number of rotatable bonds is 2. The van der Waals surface area contributed by atoms with Gasteiger partial charge in [-0.05, 0) is 0 Å². The van der Waals surface area contributed by atoms with Gasteiger partial charge in [-0.2, -0.15) is 0 Å². The van der Waals surface area contributed by atoms with E-state index in [0.717, 1.165) is 12.3 Å². The van der Waals surface area contributed by atoms with Gasteiger partial charge < -0.3 is 14.9 Å². The average Bonchev–Trinajstić information content (AvgIpc) is 2.55. The number of aromatic amines is 1. The Balaban J connectivity index is 2.41. The summed E-state index contributed by atoms with van der Waals surface area (Å²) in [5.41, 5.74) is -1.72. The van der Waals surface area contributed by atoms with Crippen LogP contribution in [0.5, 0.6) is 0 Å². The van der Waals surface area contributed by atoms with Gasteiger partial charge in [0, 0.05) is 12.3 Å². The van der Waals surface area contributed by atoms with E-state index in [9.17, 15) is 23.5 Å². The topological polar surface area (TPSA) is 105 Å². The van der Waals surface area contributed by atoms with Crippen LogP contribution in [0, 0.1) is 0 Å². The molecule has 0 radical (unpaired) electrons. The van der Waals surface area contributed by atoms with Crippen molar-refractivity contribution in [1.82, 2.24) is 9.55 Å². The summed E-state index contributed by atoms with van der Waals surface area (Å²) in [5, 5.41) is 18.0. The molecule has 1 aromatic rings. The number of ether oxygens (including phenoxy) is 1. The summed E-state index contributed by atoms with van der Waals surface area (Å²) in [4.78, 5) is 24.0. The Morgan fingerprint density at radius 2 is 2.22 bits per heavy atom. The molecule has 100 valence electrons. The molecule has 18 heavy (non-hydrogen) atoms. The van der Waals surface area contributed by atoms with E-state index >= 15 is 0 Å². The van der Waals surface area contributed by atoms with Gasteiger partial charge in [-0.3, -0.25) is 14.3 Å². The Morgan fingerprint density at radius 3 is 2.72 bits per heavy atom. The van der Waals surface area contributed by atoms with E-state index in [4.69, 9.17) is 5.11 Å². The van der Waals surface area contributed by atoms with Crippen LogP contribution in [0.4, 0.5) is 8.78 Å². The van der Waals surface area contributed by atoms with Crippen LogP contribution in [0.15, 0.2) is 21.9 Å². The van der Waals surface area contributed by atoms with Gasteiger partial charge in [0.2, 0.25) is 0 Å². The van der Waals surface area contributed by atoms with Crippen molar-refractivity contribution in [2.45, 2.75) is 24.4 Å². The Labute approximate surface area is 98.3 Å². The summed E-state index contributed by atoms with van der Waals surface area (Å²) in [5.74, 6) is -2.99. The standard InChI is InChI=1S/C9H10F2N2O5/c10-5-6(16)9(11,3-14)18-7(5)13-2-1-4(15)12-8(13)17/h1-2,5-7,14,16H,3H2,(H,12,15,17)/t5-,6+,7?,9-/m1/s1. The molecule has 1 aliphatic heterocycles. The maximum Gasteiger partial charge on any atom is 0.330 e. The number of aliphatic hydroxyl groups excluding tert-OH is 2. The van der Waals surface area contributed by atoms with Crippen LogP contribution in [0.3, 0.4) is 0 Å². The van der Waals surface area contributed by atoms with E-state index in [1.165, 1.54) is 0 Å². The maximum absolute atomic E-state index is 13.7. The lowest BCUT2D eigenvalue weighted by molar-refractivity contribution is -0.207. The minimum Gasteiger partial charge on any atom is -0.390 e. The highest BCUT2D eigenvalue weighted by atomic mass is 19.2. The normalized spacial score (nSPS) is 35.9. The van der Waals surface area contributed by atoms with Gasteiger partial charge in [0.25, 0.3) is 11.4 Å². The van der Waals surface area contributed by atoms with Crippen LogP contribution in [0.1, 0.15) is 6.23 Å². The molecule has 2 heterocycles. The smallest absolute Gasteiger partial charge is 0.330 e. The molecule has 2 rings (SSSR count). The number of nitrogens with zero attached hydrogens (tertiary/aromatic N) is 1. The Bertz CT molecular complexity index is 558. The summed E-state index contributed by atoms with van der Waals surface area (Å²) >= 11 is 0.